The predicted octanol–water partition coefficient (Wildman–Crippen LogP) is 4.27. The molecule has 2 aromatic rings. The average molecular weight is 431 g/mol. The molecule has 1 N–H and O–H groups in total. The van der Waals surface area contributed by atoms with Gasteiger partial charge in [0.25, 0.3) is 5.91 Å². The van der Waals surface area contributed by atoms with Gasteiger partial charge >= 0.3 is 0 Å². The van der Waals surface area contributed by atoms with Crippen molar-refractivity contribution in [1.29, 1.82) is 0 Å². The Bertz CT molecular complexity index is 998. The van der Waals surface area contributed by atoms with E-state index in [1.54, 1.807) is 0 Å². The molecule has 2 aromatic carbocycles. The van der Waals surface area contributed by atoms with Gasteiger partial charge in [-0.2, -0.15) is 5.10 Å². The summed E-state index contributed by atoms with van der Waals surface area (Å²) >= 11 is 0. The molecule has 0 spiro atoms. The lowest BCUT2D eigenvalue weighted by molar-refractivity contribution is 0.0950. The number of fused-ring (bicyclic) bond motifs is 1. The van der Waals surface area contributed by atoms with E-state index in [1.165, 1.54) is 30.4 Å². The van der Waals surface area contributed by atoms with Gasteiger partial charge < -0.3 is 5.32 Å². The molecule has 32 heavy (non-hydrogen) atoms. The fourth-order valence-corrected chi connectivity index (χ4v) is 5.35. The zero-order valence-electron chi connectivity index (χ0n) is 19.3. The molecule has 5 heteroatoms. The van der Waals surface area contributed by atoms with Crippen molar-refractivity contribution < 1.29 is 4.79 Å². The maximum Gasteiger partial charge on any atom is 0.251 e. The van der Waals surface area contributed by atoms with E-state index in [2.05, 4.69) is 53.3 Å². The Kier molecular flexibility index (Phi) is 6.01. The molecule has 0 saturated heterocycles. The molecule has 2 unspecified atom stereocenters. The van der Waals surface area contributed by atoms with Gasteiger partial charge in [0.15, 0.2) is 0 Å². The first-order valence-electron chi connectivity index (χ1n) is 12.1. The minimum Gasteiger partial charge on any atom is -0.351 e. The van der Waals surface area contributed by atoms with Crippen molar-refractivity contribution in [3.05, 3.63) is 65.2 Å². The van der Waals surface area contributed by atoms with Gasteiger partial charge in [-0.15, -0.1) is 0 Å². The van der Waals surface area contributed by atoms with Crippen LogP contribution in [0.4, 0.5) is 5.69 Å². The third-order valence-electron chi connectivity index (χ3n) is 7.67. The molecule has 2 heterocycles. The zero-order chi connectivity index (χ0) is 22.1. The number of hydrogen-bond donors (Lipinski definition) is 1. The zero-order valence-corrected chi connectivity index (χ0v) is 19.3. The molecule has 1 fully saturated rings. The van der Waals surface area contributed by atoms with E-state index in [9.17, 15) is 4.79 Å². The summed E-state index contributed by atoms with van der Waals surface area (Å²) in [4.78, 5) is 15.6. The van der Waals surface area contributed by atoms with Crippen LogP contribution in [0.25, 0.3) is 0 Å². The number of rotatable bonds is 5. The number of benzene rings is 2. The normalized spacial score (nSPS) is 23.8. The molecule has 1 amide bonds. The number of carbonyl (C=O) groups excluding carboxylic acids is 1. The summed E-state index contributed by atoms with van der Waals surface area (Å²) < 4.78 is 0. The quantitative estimate of drug-likeness (QED) is 0.771. The minimum absolute atomic E-state index is 0.0195. The predicted molar refractivity (Wildman–Crippen MR) is 130 cm³/mol. The fourth-order valence-electron chi connectivity index (χ4n) is 5.35. The Labute approximate surface area is 191 Å². The number of carbonyl (C=O) groups is 1. The van der Waals surface area contributed by atoms with E-state index in [0.29, 0.717) is 6.54 Å². The Hall–Kier alpha value is -2.66. The maximum absolute atomic E-state index is 13.0. The largest absolute Gasteiger partial charge is 0.351 e. The van der Waals surface area contributed by atoms with Crippen molar-refractivity contribution in [2.75, 3.05) is 24.6 Å². The Morgan fingerprint density at radius 1 is 1.06 bits per heavy atom. The van der Waals surface area contributed by atoms with Crippen LogP contribution in [0.1, 0.15) is 54.6 Å². The van der Waals surface area contributed by atoms with Crippen LogP contribution in [0.5, 0.6) is 0 Å². The van der Waals surface area contributed by atoms with Gasteiger partial charge in [0.2, 0.25) is 0 Å². The van der Waals surface area contributed by atoms with Crippen molar-refractivity contribution in [3.63, 3.8) is 0 Å². The van der Waals surface area contributed by atoms with E-state index in [4.69, 9.17) is 5.10 Å². The van der Waals surface area contributed by atoms with Crippen LogP contribution in [0.15, 0.2) is 53.6 Å². The highest BCUT2D eigenvalue weighted by atomic mass is 16.1. The number of nitrogens with zero attached hydrogens (tertiary/aromatic N) is 3. The summed E-state index contributed by atoms with van der Waals surface area (Å²) in [5.41, 5.74) is 5.70. The van der Waals surface area contributed by atoms with Crippen molar-refractivity contribution in [2.45, 2.75) is 58.0 Å². The highest BCUT2D eigenvalue weighted by molar-refractivity contribution is 5.95. The summed E-state index contributed by atoms with van der Waals surface area (Å²) in [6, 6.07) is 17.6. The highest BCUT2D eigenvalue weighted by Crippen LogP contribution is 2.29. The molecule has 5 rings (SSSR count). The van der Waals surface area contributed by atoms with Crippen LogP contribution >= 0.6 is 0 Å². The van der Waals surface area contributed by atoms with Gasteiger partial charge in [-0.3, -0.25) is 14.7 Å². The number of amides is 1. The number of hydrazone groups is 1. The molecule has 0 bridgehead atoms. The van der Waals surface area contributed by atoms with Gasteiger partial charge in [-0.05, 0) is 74.9 Å². The molecule has 3 aliphatic rings. The van der Waals surface area contributed by atoms with Crippen LogP contribution in [0.3, 0.4) is 0 Å². The highest BCUT2D eigenvalue weighted by Gasteiger charge is 2.33. The van der Waals surface area contributed by atoms with Crippen molar-refractivity contribution in [2.24, 2.45) is 11.0 Å². The molecule has 0 radical (unpaired) electrons. The summed E-state index contributed by atoms with van der Waals surface area (Å²) in [6.45, 7) is 7.12. The Morgan fingerprint density at radius 3 is 2.53 bits per heavy atom. The molecule has 1 aliphatic carbocycles. The van der Waals surface area contributed by atoms with E-state index in [0.717, 1.165) is 48.9 Å². The van der Waals surface area contributed by atoms with Crippen LogP contribution in [-0.4, -0.2) is 48.2 Å². The second-order valence-corrected chi connectivity index (χ2v) is 9.58. The van der Waals surface area contributed by atoms with Crippen LogP contribution < -0.4 is 10.3 Å². The molecule has 5 nitrogen and oxygen atoms in total. The second kappa shape index (κ2) is 9.07. The summed E-state index contributed by atoms with van der Waals surface area (Å²) in [7, 11) is 0. The SMILES string of the molecule is CC1=NN(c2ccccc2)C(C)C1CNC(=O)c1ccc2c(c1)CCN(C1CCC1)CC2. The topological polar surface area (TPSA) is 47.9 Å². The van der Waals surface area contributed by atoms with Crippen LogP contribution in [0.2, 0.25) is 0 Å². The van der Waals surface area contributed by atoms with E-state index in [-0.39, 0.29) is 17.9 Å². The lowest BCUT2D eigenvalue weighted by Crippen LogP contribution is -2.41. The average Bonchev–Trinajstić information content (AvgIpc) is 2.93. The van der Waals surface area contributed by atoms with Crippen molar-refractivity contribution in [3.8, 4) is 0 Å². The van der Waals surface area contributed by atoms with E-state index >= 15 is 0 Å². The Morgan fingerprint density at radius 2 is 1.81 bits per heavy atom. The van der Waals surface area contributed by atoms with Crippen molar-refractivity contribution >= 4 is 17.3 Å². The molecular weight excluding hydrogens is 396 g/mol. The first-order chi connectivity index (χ1) is 15.6. The fraction of sp³-hybridized carbons (Fsp3) is 0.481. The molecule has 168 valence electrons. The maximum atomic E-state index is 13.0. The van der Waals surface area contributed by atoms with Gasteiger partial charge in [0.05, 0.1) is 11.7 Å². The summed E-state index contributed by atoms with van der Waals surface area (Å²) in [5, 5.41) is 10.0. The van der Waals surface area contributed by atoms with Gasteiger partial charge in [0, 0.05) is 42.9 Å². The lowest BCUT2D eigenvalue weighted by atomic mass is 9.91. The third kappa shape index (κ3) is 4.18. The second-order valence-electron chi connectivity index (χ2n) is 9.58. The summed E-state index contributed by atoms with van der Waals surface area (Å²) in [5.74, 6) is 0.224. The monoisotopic (exact) mass is 430 g/mol. The smallest absolute Gasteiger partial charge is 0.251 e. The van der Waals surface area contributed by atoms with Crippen LogP contribution in [0, 0.1) is 5.92 Å². The third-order valence-corrected chi connectivity index (χ3v) is 7.67. The minimum atomic E-state index is 0.0195. The molecule has 1 saturated carbocycles. The van der Waals surface area contributed by atoms with Gasteiger partial charge in [-0.1, -0.05) is 30.7 Å². The molecule has 2 atom stereocenters. The number of para-hydroxylation sites is 1. The van der Waals surface area contributed by atoms with E-state index in [1.807, 2.05) is 24.3 Å². The van der Waals surface area contributed by atoms with Gasteiger partial charge in [-0.25, -0.2) is 0 Å². The molecule has 2 aliphatic heterocycles. The number of anilines is 1. The van der Waals surface area contributed by atoms with Gasteiger partial charge in [0.1, 0.15) is 0 Å². The van der Waals surface area contributed by atoms with Crippen molar-refractivity contribution in [1.82, 2.24) is 10.2 Å². The molecular formula is C27H34N4O. The molecule has 0 aromatic heterocycles. The van der Waals surface area contributed by atoms with Crippen LogP contribution in [-0.2, 0) is 12.8 Å². The summed E-state index contributed by atoms with van der Waals surface area (Å²) in [6.07, 6.45) is 6.23. The first kappa shape index (κ1) is 21.2. The number of nitrogens with one attached hydrogen (secondary N) is 1. The lowest BCUT2D eigenvalue weighted by Gasteiger charge is -2.36. The Balaban J connectivity index is 1.21. The first-order valence-corrected chi connectivity index (χ1v) is 12.1. The van der Waals surface area contributed by atoms with E-state index < -0.39 is 0 Å². The standard InChI is InChI=1S/C27H34N4O/c1-19-26(20(2)31(29-19)25-7-4-3-5-8-25)18-28-27(32)23-12-11-21-13-15-30(24-9-6-10-24)16-14-22(21)17-23/h3-5,7-8,11-12,17,20,24,26H,6,9-10,13-16,18H2,1-2H3,(H,28,32). The number of hydrogen-bond acceptors (Lipinski definition) is 4.